The van der Waals surface area contributed by atoms with E-state index in [0.29, 0.717) is 13.2 Å². The number of carbonyl (C=O) groups is 2. The number of rotatable bonds is 3. The van der Waals surface area contributed by atoms with E-state index in [9.17, 15) is 9.59 Å². The molecule has 2 heterocycles. The molecule has 6 nitrogen and oxygen atoms in total. The number of hydrogen-bond acceptors (Lipinski definition) is 4. The van der Waals surface area contributed by atoms with Gasteiger partial charge in [-0.15, -0.1) is 0 Å². The first-order valence-electron chi connectivity index (χ1n) is 5.22. The third-order valence-electron chi connectivity index (χ3n) is 2.70. The molecule has 1 saturated heterocycles. The first-order chi connectivity index (χ1) is 8.00. The molecule has 92 valence electrons. The minimum atomic E-state index is -1.12. The minimum Gasteiger partial charge on any atom is -0.478 e. The SMILES string of the molecule is CC1(NC(=O)c2cc(C(=O)O)co2)CCOC1. The highest BCUT2D eigenvalue weighted by Gasteiger charge is 2.32. The fourth-order valence-corrected chi connectivity index (χ4v) is 1.67. The van der Waals surface area contributed by atoms with Crippen LogP contribution in [0.25, 0.3) is 0 Å². The first kappa shape index (κ1) is 11.7. The fraction of sp³-hybridized carbons (Fsp3) is 0.455. The van der Waals surface area contributed by atoms with Crippen LogP contribution >= 0.6 is 0 Å². The predicted molar refractivity (Wildman–Crippen MR) is 57.0 cm³/mol. The summed E-state index contributed by atoms with van der Waals surface area (Å²) in [5, 5.41) is 11.5. The molecule has 1 aliphatic rings. The lowest BCUT2D eigenvalue weighted by Crippen LogP contribution is -2.46. The molecule has 1 unspecified atom stereocenters. The summed E-state index contributed by atoms with van der Waals surface area (Å²) in [6.07, 6.45) is 1.77. The van der Waals surface area contributed by atoms with Gasteiger partial charge in [0.1, 0.15) is 6.26 Å². The van der Waals surface area contributed by atoms with Crippen LogP contribution in [0.5, 0.6) is 0 Å². The third kappa shape index (κ3) is 2.47. The molecule has 0 spiro atoms. The van der Waals surface area contributed by atoms with E-state index in [1.165, 1.54) is 6.07 Å². The molecule has 6 heteroatoms. The zero-order chi connectivity index (χ0) is 12.5. The van der Waals surface area contributed by atoms with Crippen LogP contribution in [0.3, 0.4) is 0 Å². The maximum atomic E-state index is 11.8. The van der Waals surface area contributed by atoms with Gasteiger partial charge in [0.15, 0.2) is 5.76 Å². The van der Waals surface area contributed by atoms with E-state index in [2.05, 4.69) is 5.32 Å². The molecule has 0 radical (unpaired) electrons. The van der Waals surface area contributed by atoms with E-state index in [-0.39, 0.29) is 11.3 Å². The van der Waals surface area contributed by atoms with Crippen LogP contribution in [-0.2, 0) is 4.74 Å². The molecule has 2 rings (SSSR count). The average Bonchev–Trinajstić information content (AvgIpc) is 2.86. The molecule has 1 aromatic heterocycles. The van der Waals surface area contributed by atoms with Gasteiger partial charge in [0.2, 0.25) is 0 Å². The molecular weight excluding hydrogens is 226 g/mol. The van der Waals surface area contributed by atoms with E-state index < -0.39 is 17.4 Å². The number of carboxylic acid groups (broad SMARTS) is 1. The highest BCUT2D eigenvalue weighted by Crippen LogP contribution is 2.18. The summed E-state index contributed by atoms with van der Waals surface area (Å²) in [4.78, 5) is 22.4. The van der Waals surface area contributed by atoms with Crippen LogP contribution in [0.1, 0.15) is 34.3 Å². The predicted octanol–water partition coefficient (Wildman–Crippen LogP) is 0.887. The van der Waals surface area contributed by atoms with Gasteiger partial charge in [0.05, 0.1) is 17.7 Å². The number of carboxylic acids is 1. The van der Waals surface area contributed by atoms with Gasteiger partial charge in [0, 0.05) is 12.7 Å². The summed E-state index contributed by atoms with van der Waals surface area (Å²) in [5.74, 6) is -1.55. The summed E-state index contributed by atoms with van der Waals surface area (Å²) in [6.45, 7) is 2.93. The Balaban J connectivity index is 2.06. The number of ether oxygens (including phenoxy) is 1. The lowest BCUT2D eigenvalue weighted by molar-refractivity contribution is 0.0695. The Morgan fingerprint density at radius 1 is 1.53 bits per heavy atom. The van der Waals surface area contributed by atoms with Gasteiger partial charge in [-0.2, -0.15) is 0 Å². The summed E-state index contributed by atoms with van der Waals surface area (Å²) in [5.41, 5.74) is -0.448. The lowest BCUT2D eigenvalue weighted by atomic mass is 10.0. The molecule has 0 aliphatic carbocycles. The Hall–Kier alpha value is -1.82. The highest BCUT2D eigenvalue weighted by atomic mass is 16.5. The molecule has 17 heavy (non-hydrogen) atoms. The Labute approximate surface area is 97.6 Å². The van der Waals surface area contributed by atoms with Crippen LogP contribution in [0.15, 0.2) is 16.7 Å². The normalized spacial score (nSPS) is 23.6. The first-order valence-corrected chi connectivity index (χ1v) is 5.22. The molecule has 1 fully saturated rings. The molecule has 0 aromatic carbocycles. The number of carbonyl (C=O) groups excluding carboxylic acids is 1. The zero-order valence-corrected chi connectivity index (χ0v) is 9.36. The van der Waals surface area contributed by atoms with Gasteiger partial charge in [-0.05, 0) is 13.3 Å². The van der Waals surface area contributed by atoms with Crippen molar-refractivity contribution >= 4 is 11.9 Å². The van der Waals surface area contributed by atoms with E-state index in [1.54, 1.807) is 0 Å². The molecule has 1 aliphatic heterocycles. The molecule has 0 saturated carbocycles. The smallest absolute Gasteiger partial charge is 0.338 e. The lowest BCUT2D eigenvalue weighted by Gasteiger charge is -2.22. The van der Waals surface area contributed by atoms with Crippen LogP contribution in [0.4, 0.5) is 0 Å². The van der Waals surface area contributed by atoms with Crippen LogP contribution in [0, 0.1) is 0 Å². The van der Waals surface area contributed by atoms with E-state index in [1.807, 2.05) is 6.92 Å². The van der Waals surface area contributed by atoms with Crippen molar-refractivity contribution in [1.82, 2.24) is 5.32 Å². The van der Waals surface area contributed by atoms with Gasteiger partial charge in [0.25, 0.3) is 5.91 Å². The second-order valence-corrected chi connectivity index (χ2v) is 4.32. The van der Waals surface area contributed by atoms with Crippen molar-refractivity contribution in [2.75, 3.05) is 13.2 Å². The number of hydrogen-bond donors (Lipinski definition) is 2. The Morgan fingerprint density at radius 3 is 2.82 bits per heavy atom. The monoisotopic (exact) mass is 239 g/mol. The molecule has 2 N–H and O–H groups in total. The van der Waals surface area contributed by atoms with Crippen LogP contribution in [-0.4, -0.2) is 35.7 Å². The van der Waals surface area contributed by atoms with E-state index in [0.717, 1.165) is 12.7 Å². The quantitative estimate of drug-likeness (QED) is 0.817. The van der Waals surface area contributed by atoms with Gasteiger partial charge < -0.3 is 19.6 Å². The van der Waals surface area contributed by atoms with Crippen molar-refractivity contribution in [3.63, 3.8) is 0 Å². The van der Waals surface area contributed by atoms with Gasteiger partial charge >= 0.3 is 5.97 Å². The maximum Gasteiger partial charge on any atom is 0.338 e. The number of nitrogens with one attached hydrogen (secondary N) is 1. The molecule has 1 amide bonds. The summed E-state index contributed by atoms with van der Waals surface area (Å²) in [7, 11) is 0. The minimum absolute atomic E-state index is 0.00414. The molecular formula is C11H13NO5. The van der Waals surface area contributed by atoms with Crippen molar-refractivity contribution < 1.29 is 23.8 Å². The van der Waals surface area contributed by atoms with Crippen molar-refractivity contribution in [3.05, 3.63) is 23.7 Å². The van der Waals surface area contributed by atoms with Gasteiger partial charge in [-0.25, -0.2) is 4.79 Å². The Morgan fingerprint density at radius 2 is 2.29 bits per heavy atom. The molecule has 1 aromatic rings. The van der Waals surface area contributed by atoms with Crippen LogP contribution in [0.2, 0.25) is 0 Å². The Kier molecular flexibility index (Phi) is 2.89. The third-order valence-corrected chi connectivity index (χ3v) is 2.70. The van der Waals surface area contributed by atoms with Crippen molar-refractivity contribution in [2.45, 2.75) is 18.9 Å². The number of aromatic carboxylic acids is 1. The van der Waals surface area contributed by atoms with Crippen molar-refractivity contribution in [2.24, 2.45) is 0 Å². The van der Waals surface area contributed by atoms with Crippen molar-refractivity contribution in [3.8, 4) is 0 Å². The molecule has 1 atom stereocenters. The Bertz CT molecular complexity index is 444. The van der Waals surface area contributed by atoms with E-state index >= 15 is 0 Å². The topological polar surface area (TPSA) is 88.8 Å². The largest absolute Gasteiger partial charge is 0.478 e. The van der Waals surface area contributed by atoms with Crippen molar-refractivity contribution in [1.29, 1.82) is 0 Å². The fourth-order valence-electron chi connectivity index (χ4n) is 1.67. The second kappa shape index (κ2) is 4.21. The zero-order valence-electron chi connectivity index (χ0n) is 9.36. The van der Waals surface area contributed by atoms with Gasteiger partial charge in [-0.1, -0.05) is 0 Å². The van der Waals surface area contributed by atoms with Gasteiger partial charge in [-0.3, -0.25) is 4.79 Å². The summed E-state index contributed by atoms with van der Waals surface area (Å²) in [6, 6.07) is 1.21. The average molecular weight is 239 g/mol. The maximum absolute atomic E-state index is 11.8. The summed E-state index contributed by atoms with van der Waals surface area (Å²) >= 11 is 0. The molecule has 0 bridgehead atoms. The van der Waals surface area contributed by atoms with E-state index in [4.69, 9.17) is 14.3 Å². The number of amides is 1. The second-order valence-electron chi connectivity index (χ2n) is 4.32. The summed E-state index contributed by atoms with van der Waals surface area (Å²) < 4.78 is 10.1. The van der Waals surface area contributed by atoms with Crippen LogP contribution < -0.4 is 5.32 Å². The highest BCUT2D eigenvalue weighted by molar-refractivity contribution is 5.95. The number of furan rings is 1. The standard InChI is InChI=1S/C11H13NO5/c1-11(2-3-16-6-11)12-9(13)8-4-7(5-17-8)10(14)15/h4-5H,2-3,6H2,1H3,(H,12,13)(H,14,15).